The van der Waals surface area contributed by atoms with Crippen LogP contribution in [0.2, 0.25) is 0 Å². The third-order valence-electron chi connectivity index (χ3n) is 3.98. The van der Waals surface area contributed by atoms with Gasteiger partial charge in [0.25, 0.3) is 0 Å². The van der Waals surface area contributed by atoms with Crippen LogP contribution in [-0.4, -0.2) is 40.0 Å². The van der Waals surface area contributed by atoms with E-state index in [1.165, 1.54) is 0 Å². The van der Waals surface area contributed by atoms with Gasteiger partial charge in [-0.15, -0.1) is 10.2 Å². The molecule has 2 heterocycles. The van der Waals surface area contributed by atoms with Gasteiger partial charge in [-0.05, 0) is 19.8 Å². The van der Waals surface area contributed by atoms with E-state index in [0.29, 0.717) is 31.2 Å². The molecule has 7 heteroatoms. The van der Waals surface area contributed by atoms with E-state index in [4.69, 9.17) is 4.42 Å². The first kappa shape index (κ1) is 17.4. The molecule has 1 aliphatic heterocycles. The SMILES string of the molecule is CC(C)c1nnc([C@H](C)NC(=O)CCN2CCCCCC2=O)o1. The van der Waals surface area contributed by atoms with Crippen molar-refractivity contribution in [3.8, 4) is 0 Å². The summed E-state index contributed by atoms with van der Waals surface area (Å²) in [5.74, 6) is 1.18. The maximum atomic E-state index is 12.1. The van der Waals surface area contributed by atoms with Crippen molar-refractivity contribution in [3.05, 3.63) is 11.8 Å². The molecule has 0 saturated carbocycles. The first-order valence-corrected chi connectivity index (χ1v) is 8.37. The van der Waals surface area contributed by atoms with Crippen LogP contribution in [0.15, 0.2) is 4.42 Å². The number of likely N-dealkylation sites (tertiary alicyclic amines) is 1. The molecule has 128 valence electrons. The Kier molecular flexibility index (Phi) is 6.12. The lowest BCUT2D eigenvalue weighted by molar-refractivity contribution is -0.131. The number of aromatic nitrogens is 2. The lowest BCUT2D eigenvalue weighted by Gasteiger charge is -2.20. The van der Waals surface area contributed by atoms with E-state index < -0.39 is 0 Å². The van der Waals surface area contributed by atoms with Crippen molar-refractivity contribution in [3.63, 3.8) is 0 Å². The minimum atomic E-state index is -0.331. The standard InChI is InChI=1S/C16H26N4O3/c1-11(2)15-18-19-16(23-15)12(3)17-13(21)8-10-20-9-6-4-5-7-14(20)22/h11-12H,4-10H2,1-3H3,(H,17,21)/t12-/m0/s1. The molecule has 0 bridgehead atoms. The van der Waals surface area contributed by atoms with E-state index in [-0.39, 0.29) is 23.8 Å². The predicted octanol–water partition coefficient (Wildman–Crippen LogP) is 2.16. The number of rotatable bonds is 6. The van der Waals surface area contributed by atoms with Crippen molar-refractivity contribution in [1.29, 1.82) is 0 Å². The fourth-order valence-electron chi connectivity index (χ4n) is 2.54. The third kappa shape index (κ3) is 5.04. The summed E-state index contributed by atoms with van der Waals surface area (Å²) in [6.07, 6.45) is 3.94. The Labute approximate surface area is 136 Å². The van der Waals surface area contributed by atoms with E-state index in [1.54, 1.807) is 4.90 Å². The van der Waals surface area contributed by atoms with Crippen LogP contribution in [0.4, 0.5) is 0 Å². The molecule has 1 atom stereocenters. The molecule has 1 aliphatic rings. The maximum absolute atomic E-state index is 12.1. The van der Waals surface area contributed by atoms with Crippen LogP contribution in [-0.2, 0) is 9.59 Å². The van der Waals surface area contributed by atoms with Crippen LogP contribution in [0.5, 0.6) is 0 Å². The Morgan fingerprint density at radius 3 is 2.65 bits per heavy atom. The summed E-state index contributed by atoms with van der Waals surface area (Å²) in [4.78, 5) is 25.8. The Bertz CT molecular complexity index is 541. The molecule has 2 rings (SSSR count). The van der Waals surface area contributed by atoms with Crippen LogP contribution < -0.4 is 5.32 Å². The van der Waals surface area contributed by atoms with Crippen LogP contribution in [0.3, 0.4) is 0 Å². The quantitative estimate of drug-likeness (QED) is 0.867. The van der Waals surface area contributed by atoms with Gasteiger partial charge in [-0.3, -0.25) is 9.59 Å². The van der Waals surface area contributed by atoms with Gasteiger partial charge in [-0.1, -0.05) is 20.3 Å². The van der Waals surface area contributed by atoms with Crippen molar-refractivity contribution in [2.24, 2.45) is 0 Å². The predicted molar refractivity (Wildman–Crippen MR) is 84.6 cm³/mol. The lowest BCUT2D eigenvalue weighted by Crippen LogP contribution is -2.35. The highest BCUT2D eigenvalue weighted by Crippen LogP contribution is 2.17. The normalized spacial score (nSPS) is 17.2. The van der Waals surface area contributed by atoms with Gasteiger partial charge in [-0.25, -0.2) is 0 Å². The van der Waals surface area contributed by atoms with Crippen molar-refractivity contribution < 1.29 is 14.0 Å². The van der Waals surface area contributed by atoms with E-state index in [9.17, 15) is 9.59 Å². The number of amides is 2. The zero-order valence-corrected chi connectivity index (χ0v) is 14.2. The van der Waals surface area contributed by atoms with Crippen LogP contribution in [0.25, 0.3) is 0 Å². The molecule has 1 aromatic heterocycles. The van der Waals surface area contributed by atoms with Gasteiger partial charge in [0, 0.05) is 31.8 Å². The second kappa shape index (κ2) is 8.08. The number of hydrogen-bond acceptors (Lipinski definition) is 5. The first-order valence-electron chi connectivity index (χ1n) is 8.37. The summed E-state index contributed by atoms with van der Waals surface area (Å²) in [6.45, 7) is 6.98. The summed E-state index contributed by atoms with van der Waals surface area (Å²) < 4.78 is 5.53. The van der Waals surface area contributed by atoms with Crippen molar-refractivity contribution in [2.45, 2.75) is 64.8 Å². The molecule has 2 amide bonds. The average molecular weight is 322 g/mol. The fraction of sp³-hybridized carbons (Fsp3) is 0.750. The van der Waals surface area contributed by atoms with E-state index in [0.717, 1.165) is 25.8 Å². The summed E-state index contributed by atoms with van der Waals surface area (Å²) in [6, 6.07) is -0.331. The molecular weight excluding hydrogens is 296 g/mol. The molecule has 0 aromatic carbocycles. The van der Waals surface area contributed by atoms with Gasteiger partial charge in [0.1, 0.15) is 6.04 Å². The van der Waals surface area contributed by atoms with Gasteiger partial charge in [0.2, 0.25) is 23.6 Å². The number of nitrogens with one attached hydrogen (secondary N) is 1. The minimum Gasteiger partial charge on any atom is -0.423 e. The smallest absolute Gasteiger partial charge is 0.238 e. The topological polar surface area (TPSA) is 88.3 Å². The van der Waals surface area contributed by atoms with Crippen molar-refractivity contribution >= 4 is 11.8 Å². The Hall–Kier alpha value is -1.92. The second-order valence-corrected chi connectivity index (χ2v) is 6.36. The van der Waals surface area contributed by atoms with E-state index in [2.05, 4.69) is 15.5 Å². The zero-order valence-electron chi connectivity index (χ0n) is 14.2. The minimum absolute atomic E-state index is 0.112. The molecule has 1 aromatic rings. The van der Waals surface area contributed by atoms with Gasteiger partial charge < -0.3 is 14.6 Å². The van der Waals surface area contributed by atoms with Crippen LogP contribution in [0, 0.1) is 0 Å². The first-order chi connectivity index (χ1) is 11.0. The highest BCUT2D eigenvalue weighted by Gasteiger charge is 2.20. The summed E-state index contributed by atoms with van der Waals surface area (Å²) in [7, 11) is 0. The molecule has 0 spiro atoms. The van der Waals surface area contributed by atoms with Crippen LogP contribution in [0.1, 0.15) is 76.6 Å². The number of carbonyl (C=O) groups excluding carboxylic acids is 2. The molecule has 0 radical (unpaired) electrons. The second-order valence-electron chi connectivity index (χ2n) is 6.36. The highest BCUT2D eigenvalue weighted by atomic mass is 16.4. The summed E-state index contributed by atoms with van der Waals surface area (Å²) >= 11 is 0. The van der Waals surface area contributed by atoms with E-state index in [1.807, 2.05) is 20.8 Å². The Morgan fingerprint density at radius 2 is 1.96 bits per heavy atom. The molecular formula is C16H26N4O3. The molecule has 0 aliphatic carbocycles. The molecule has 7 nitrogen and oxygen atoms in total. The van der Waals surface area contributed by atoms with Gasteiger partial charge in [0.05, 0.1) is 0 Å². The molecule has 1 saturated heterocycles. The van der Waals surface area contributed by atoms with E-state index >= 15 is 0 Å². The largest absolute Gasteiger partial charge is 0.423 e. The van der Waals surface area contributed by atoms with Gasteiger partial charge in [0.15, 0.2) is 0 Å². The molecule has 0 unspecified atom stereocenters. The Balaban J connectivity index is 1.80. The Morgan fingerprint density at radius 1 is 1.22 bits per heavy atom. The average Bonchev–Trinajstić information content (AvgIpc) is 2.91. The third-order valence-corrected chi connectivity index (χ3v) is 3.98. The maximum Gasteiger partial charge on any atom is 0.238 e. The molecule has 1 N–H and O–H groups in total. The van der Waals surface area contributed by atoms with Gasteiger partial charge in [-0.2, -0.15) is 0 Å². The number of nitrogens with zero attached hydrogens (tertiary/aromatic N) is 3. The number of hydrogen-bond donors (Lipinski definition) is 1. The van der Waals surface area contributed by atoms with Gasteiger partial charge >= 0.3 is 0 Å². The van der Waals surface area contributed by atoms with Crippen LogP contribution >= 0.6 is 0 Å². The summed E-state index contributed by atoms with van der Waals surface area (Å²) in [5.41, 5.74) is 0. The van der Waals surface area contributed by atoms with Crippen molar-refractivity contribution in [2.75, 3.05) is 13.1 Å². The summed E-state index contributed by atoms with van der Waals surface area (Å²) in [5, 5.41) is 10.8. The zero-order chi connectivity index (χ0) is 16.8. The lowest BCUT2D eigenvalue weighted by atomic mass is 10.2. The molecule has 1 fully saturated rings. The highest BCUT2D eigenvalue weighted by molar-refractivity contribution is 5.79. The molecule has 23 heavy (non-hydrogen) atoms. The fourth-order valence-corrected chi connectivity index (χ4v) is 2.54. The number of carbonyl (C=O) groups is 2. The van der Waals surface area contributed by atoms with Crippen molar-refractivity contribution in [1.82, 2.24) is 20.4 Å². The monoisotopic (exact) mass is 322 g/mol.